The largest absolute Gasteiger partial charge is 0.336 e. The van der Waals surface area contributed by atoms with Gasteiger partial charge in [-0.05, 0) is 34.3 Å². The van der Waals surface area contributed by atoms with Crippen LogP contribution in [-0.4, -0.2) is 9.97 Å². The van der Waals surface area contributed by atoms with Crippen molar-refractivity contribution in [2.45, 2.75) is 26.7 Å². The maximum Gasteiger partial charge on any atom is 0.110 e. The van der Waals surface area contributed by atoms with Crippen LogP contribution in [0.1, 0.15) is 31.2 Å². The number of hydrogen-bond acceptors (Lipinski definition) is 1. The molecule has 84 valence electrons. The van der Waals surface area contributed by atoms with Gasteiger partial charge in [0.2, 0.25) is 0 Å². The predicted octanol–water partition coefficient (Wildman–Crippen LogP) is 4.27. The van der Waals surface area contributed by atoms with Gasteiger partial charge >= 0.3 is 0 Å². The molecule has 0 saturated carbocycles. The van der Waals surface area contributed by atoms with Gasteiger partial charge in [-0.25, -0.2) is 4.98 Å². The quantitative estimate of drug-likeness (QED) is 0.873. The Bertz CT molecular complexity index is 483. The minimum Gasteiger partial charge on any atom is -0.336 e. The molecular weight excluding hydrogens is 264 g/mol. The second-order valence-electron chi connectivity index (χ2n) is 4.26. The fourth-order valence-electron chi connectivity index (χ4n) is 1.68. The van der Waals surface area contributed by atoms with Gasteiger partial charge in [0.15, 0.2) is 0 Å². The van der Waals surface area contributed by atoms with Crippen LogP contribution in [0.25, 0.3) is 11.3 Å². The summed E-state index contributed by atoms with van der Waals surface area (Å²) in [6.45, 7) is 6.35. The van der Waals surface area contributed by atoms with Crippen LogP contribution >= 0.6 is 15.9 Å². The minimum atomic E-state index is 0.568. The van der Waals surface area contributed by atoms with Gasteiger partial charge in [0.05, 0.1) is 0 Å². The van der Waals surface area contributed by atoms with Crippen molar-refractivity contribution in [1.82, 2.24) is 9.97 Å². The molecule has 0 saturated heterocycles. The summed E-state index contributed by atoms with van der Waals surface area (Å²) in [6.07, 6.45) is 0. The summed E-state index contributed by atoms with van der Waals surface area (Å²) < 4.78 is 0.947. The van der Waals surface area contributed by atoms with Gasteiger partial charge in [-0.15, -0.1) is 0 Å². The van der Waals surface area contributed by atoms with Crippen LogP contribution in [0.4, 0.5) is 0 Å². The lowest BCUT2D eigenvalue weighted by Crippen LogP contribution is -1.87. The summed E-state index contributed by atoms with van der Waals surface area (Å²) in [4.78, 5) is 7.60. The topological polar surface area (TPSA) is 28.7 Å². The third kappa shape index (κ3) is 2.19. The fraction of sp³-hybridized carbons (Fsp3) is 0.308. The van der Waals surface area contributed by atoms with E-state index in [0.29, 0.717) is 5.92 Å². The second kappa shape index (κ2) is 4.42. The van der Waals surface area contributed by atoms with Crippen molar-refractivity contribution < 1.29 is 0 Å². The zero-order chi connectivity index (χ0) is 11.7. The average Bonchev–Trinajstić information content (AvgIpc) is 2.58. The van der Waals surface area contributed by atoms with E-state index in [1.165, 1.54) is 5.56 Å². The highest BCUT2D eigenvalue weighted by molar-refractivity contribution is 9.10. The average molecular weight is 279 g/mol. The molecule has 0 amide bonds. The monoisotopic (exact) mass is 278 g/mol. The molecule has 0 unspecified atom stereocenters. The highest BCUT2D eigenvalue weighted by Gasteiger charge is 2.08. The van der Waals surface area contributed by atoms with E-state index in [1.54, 1.807) is 0 Å². The van der Waals surface area contributed by atoms with E-state index in [4.69, 9.17) is 0 Å². The Balaban J connectivity index is 2.38. The van der Waals surface area contributed by atoms with E-state index in [9.17, 15) is 0 Å². The molecule has 1 aromatic carbocycles. The molecular formula is C13H15BrN2. The van der Waals surface area contributed by atoms with Gasteiger partial charge in [-0.2, -0.15) is 0 Å². The number of aromatic amines is 1. The smallest absolute Gasteiger partial charge is 0.110 e. The van der Waals surface area contributed by atoms with Crippen molar-refractivity contribution in [1.29, 1.82) is 0 Å². The Morgan fingerprint density at radius 1 is 1.19 bits per heavy atom. The maximum absolute atomic E-state index is 4.45. The number of imidazole rings is 1. The SMILES string of the molecule is Cc1nc(-c2ccc(C(C)C)cc2)c(Br)[nH]1. The molecule has 1 heterocycles. The molecule has 2 nitrogen and oxygen atoms in total. The number of nitrogens with one attached hydrogen (secondary N) is 1. The highest BCUT2D eigenvalue weighted by Crippen LogP contribution is 2.27. The number of halogens is 1. The van der Waals surface area contributed by atoms with Crippen LogP contribution in [0.5, 0.6) is 0 Å². The molecule has 0 aliphatic carbocycles. The van der Waals surface area contributed by atoms with Crippen LogP contribution in [0.15, 0.2) is 28.9 Å². The van der Waals surface area contributed by atoms with Crippen LogP contribution in [-0.2, 0) is 0 Å². The summed E-state index contributed by atoms with van der Waals surface area (Å²) in [5.41, 5.74) is 3.47. The van der Waals surface area contributed by atoms with Crippen LogP contribution in [0.3, 0.4) is 0 Å². The first-order chi connectivity index (χ1) is 7.58. The number of aromatic nitrogens is 2. The van der Waals surface area contributed by atoms with E-state index in [-0.39, 0.29) is 0 Å². The first-order valence-corrected chi connectivity index (χ1v) is 6.19. The third-order valence-electron chi connectivity index (χ3n) is 2.63. The van der Waals surface area contributed by atoms with E-state index in [0.717, 1.165) is 21.7 Å². The summed E-state index contributed by atoms with van der Waals surface area (Å²) in [5, 5.41) is 0. The summed E-state index contributed by atoms with van der Waals surface area (Å²) >= 11 is 3.48. The van der Waals surface area contributed by atoms with E-state index in [1.807, 2.05) is 6.92 Å². The van der Waals surface area contributed by atoms with Gasteiger partial charge in [-0.1, -0.05) is 38.1 Å². The van der Waals surface area contributed by atoms with Gasteiger partial charge < -0.3 is 4.98 Å². The molecule has 2 rings (SSSR count). The molecule has 0 spiro atoms. The number of benzene rings is 1. The molecule has 16 heavy (non-hydrogen) atoms. The zero-order valence-corrected chi connectivity index (χ0v) is 11.3. The lowest BCUT2D eigenvalue weighted by Gasteiger charge is -2.05. The summed E-state index contributed by atoms with van der Waals surface area (Å²) in [6, 6.07) is 8.57. The van der Waals surface area contributed by atoms with Crippen LogP contribution in [0, 0.1) is 6.92 Å². The predicted molar refractivity (Wildman–Crippen MR) is 70.5 cm³/mol. The first kappa shape index (κ1) is 11.4. The van der Waals surface area contributed by atoms with Gasteiger partial charge in [0, 0.05) is 5.56 Å². The molecule has 0 radical (unpaired) electrons. The standard InChI is InChI=1S/C13H15BrN2/c1-8(2)10-4-6-11(7-5-10)12-13(14)16-9(3)15-12/h4-8H,1-3H3,(H,15,16). The summed E-state index contributed by atoms with van der Waals surface area (Å²) in [5.74, 6) is 1.49. The molecule has 0 bridgehead atoms. The first-order valence-electron chi connectivity index (χ1n) is 5.40. The molecule has 0 aliphatic heterocycles. The summed E-state index contributed by atoms with van der Waals surface area (Å²) in [7, 11) is 0. The molecule has 0 aliphatic rings. The maximum atomic E-state index is 4.45. The van der Waals surface area contributed by atoms with E-state index >= 15 is 0 Å². The third-order valence-corrected chi connectivity index (χ3v) is 3.20. The van der Waals surface area contributed by atoms with Gasteiger partial charge in [0.25, 0.3) is 0 Å². The number of rotatable bonds is 2. The zero-order valence-electron chi connectivity index (χ0n) is 9.71. The number of aryl methyl sites for hydroxylation is 1. The van der Waals surface area contributed by atoms with Crippen molar-refractivity contribution in [2.75, 3.05) is 0 Å². The highest BCUT2D eigenvalue weighted by atomic mass is 79.9. The van der Waals surface area contributed by atoms with Gasteiger partial charge in [-0.3, -0.25) is 0 Å². The minimum absolute atomic E-state index is 0.568. The molecule has 2 aromatic rings. The Hall–Kier alpha value is -1.09. The van der Waals surface area contributed by atoms with Crippen molar-refractivity contribution >= 4 is 15.9 Å². The van der Waals surface area contributed by atoms with E-state index in [2.05, 4.69) is 64.0 Å². The van der Waals surface area contributed by atoms with Crippen molar-refractivity contribution in [3.05, 3.63) is 40.3 Å². The van der Waals surface area contributed by atoms with Crippen LogP contribution < -0.4 is 0 Å². The van der Waals surface area contributed by atoms with Crippen molar-refractivity contribution in [2.24, 2.45) is 0 Å². The molecule has 0 fully saturated rings. The second-order valence-corrected chi connectivity index (χ2v) is 5.05. The molecule has 0 atom stereocenters. The number of nitrogens with zero attached hydrogens (tertiary/aromatic N) is 1. The fourth-order valence-corrected chi connectivity index (χ4v) is 2.28. The van der Waals surface area contributed by atoms with Crippen LogP contribution in [0.2, 0.25) is 0 Å². The van der Waals surface area contributed by atoms with Crippen molar-refractivity contribution in [3.63, 3.8) is 0 Å². The normalized spacial score (nSPS) is 11.1. The molecule has 3 heteroatoms. The number of H-pyrrole nitrogens is 1. The van der Waals surface area contributed by atoms with E-state index < -0.39 is 0 Å². The Labute approximate surface area is 104 Å². The van der Waals surface area contributed by atoms with Gasteiger partial charge in [0.1, 0.15) is 16.1 Å². The van der Waals surface area contributed by atoms with Crippen molar-refractivity contribution in [3.8, 4) is 11.3 Å². The Kier molecular flexibility index (Phi) is 3.15. The molecule has 1 N–H and O–H groups in total. The Morgan fingerprint density at radius 3 is 2.25 bits per heavy atom. The Morgan fingerprint density at radius 2 is 1.81 bits per heavy atom. The lowest BCUT2D eigenvalue weighted by atomic mass is 10.0. The lowest BCUT2D eigenvalue weighted by molar-refractivity contribution is 0.867. The molecule has 1 aromatic heterocycles. The number of hydrogen-bond donors (Lipinski definition) is 1.